The fraction of sp³-hybridized carbons (Fsp3) is 0.857. The summed E-state index contributed by atoms with van der Waals surface area (Å²) in [6.45, 7) is 3.61. The molecule has 0 amide bonds. The number of hydrogen-bond acceptors (Lipinski definition) is 1. The van der Waals surface area contributed by atoms with E-state index in [-0.39, 0.29) is 0 Å². The highest BCUT2D eigenvalue weighted by atomic mass is 14.9. The van der Waals surface area contributed by atoms with E-state index in [4.69, 9.17) is 0 Å². The molecule has 2 aliphatic rings. The molecule has 86 valence electrons. The first-order valence-corrected chi connectivity index (χ1v) is 6.75. The Hall–Kier alpha value is -0.300. The Bertz CT molecular complexity index is 213. The van der Waals surface area contributed by atoms with Gasteiger partial charge in [0.15, 0.2) is 0 Å². The maximum Gasteiger partial charge on any atom is 0.0250 e. The van der Waals surface area contributed by atoms with E-state index < -0.39 is 0 Å². The second-order valence-corrected chi connectivity index (χ2v) is 5.41. The highest BCUT2D eigenvalue weighted by molar-refractivity contribution is 4.98. The largest absolute Gasteiger partial charge is 0.310 e. The molecule has 0 aromatic heterocycles. The molecule has 1 atom stereocenters. The van der Waals surface area contributed by atoms with Gasteiger partial charge in [-0.1, -0.05) is 31.9 Å². The lowest BCUT2D eigenvalue weighted by Gasteiger charge is -2.30. The quantitative estimate of drug-likeness (QED) is 0.694. The van der Waals surface area contributed by atoms with Crippen LogP contribution in [0.5, 0.6) is 0 Å². The lowest BCUT2D eigenvalue weighted by molar-refractivity contribution is 0.259. The average Bonchev–Trinajstić information content (AvgIpc) is 2.77. The van der Waals surface area contributed by atoms with Crippen LogP contribution in [0.25, 0.3) is 0 Å². The first-order chi connectivity index (χ1) is 7.35. The van der Waals surface area contributed by atoms with Crippen molar-refractivity contribution in [3.8, 4) is 0 Å². The lowest BCUT2D eigenvalue weighted by Crippen LogP contribution is -2.38. The molecule has 1 nitrogen and oxygen atoms in total. The van der Waals surface area contributed by atoms with Crippen molar-refractivity contribution in [3.05, 3.63) is 12.2 Å². The average molecular weight is 207 g/mol. The third kappa shape index (κ3) is 2.84. The molecule has 0 bridgehead atoms. The highest BCUT2D eigenvalue weighted by Gasteiger charge is 2.31. The van der Waals surface area contributed by atoms with Crippen molar-refractivity contribution in [3.63, 3.8) is 0 Å². The molecule has 0 aliphatic heterocycles. The number of rotatable bonds is 4. The van der Waals surface area contributed by atoms with Crippen molar-refractivity contribution in [1.82, 2.24) is 5.32 Å². The molecular formula is C14H25N. The zero-order valence-corrected chi connectivity index (χ0v) is 10.1. The van der Waals surface area contributed by atoms with Gasteiger partial charge in [0.1, 0.15) is 0 Å². The van der Waals surface area contributed by atoms with Gasteiger partial charge in [0.05, 0.1) is 0 Å². The van der Waals surface area contributed by atoms with Gasteiger partial charge in [-0.2, -0.15) is 0 Å². The molecule has 0 radical (unpaired) electrons. The molecule has 1 N–H and O–H groups in total. The first-order valence-electron chi connectivity index (χ1n) is 6.75. The third-order valence-electron chi connectivity index (χ3n) is 4.41. The number of hydrogen-bond donors (Lipinski definition) is 1. The summed E-state index contributed by atoms with van der Waals surface area (Å²) in [6.07, 6.45) is 15.9. The van der Waals surface area contributed by atoms with Crippen LogP contribution in [-0.2, 0) is 0 Å². The fourth-order valence-corrected chi connectivity index (χ4v) is 3.11. The molecule has 1 unspecified atom stereocenters. The standard InChI is InChI=1S/C14H25N/c1-2-14(10-6-7-11-14)12-15-13-8-4-3-5-9-13/h4,8,13,15H,2-3,5-7,9-12H2,1H3. The van der Waals surface area contributed by atoms with Crippen LogP contribution < -0.4 is 5.32 Å². The minimum atomic E-state index is 0.644. The molecule has 2 rings (SSSR count). The highest BCUT2D eigenvalue weighted by Crippen LogP contribution is 2.40. The summed E-state index contributed by atoms with van der Waals surface area (Å²) < 4.78 is 0. The zero-order valence-electron chi connectivity index (χ0n) is 10.1. The van der Waals surface area contributed by atoms with E-state index in [0.29, 0.717) is 11.5 Å². The molecule has 2 aliphatic carbocycles. The summed E-state index contributed by atoms with van der Waals surface area (Å²) in [6, 6.07) is 0.669. The molecule has 15 heavy (non-hydrogen) atoms. The molecule has 1 fully saturated rings. The predicted molar refractivity (Wildman–Crippen MR) is 66.0 cm³/mol. The van der Waals surface area contributed by atoms with Crippen molar-refractivity contribution in [2.24, 2.45) is 5.41 Å². The van der Waals surface area contributed by atoms with Gasteiger partial charge >= 0.3 is 0 Å². The molecule has 0 spiro atoms. The van der Waals surface area contributed by atoms with Crippen molar-refractivity contribution in [1.29, 1.82) is 0 Å². The van der Waals surface area contributed by atoms with Crippen LogP contribution >= 0.6 is 0 Å². The summed E-state index contributed by atoms with van der Waals surface area (Å²) in [5.74, 6) is 0. The minimum absolute atomic E-state index is 0.644. The van der Waals surface area contributed by atoms with E-state index in [0.717, 1.165) is 0 Å². The normalized spacial score (nSPS) is 29.5. The Labute approximate surface area is 94.3 Å². The summed E-state index contributed by atoms with van der Waals surface area (Å²) in [4.78, 5) is 0. The fourth-order valence-electron chi connectivity index (χ4n) is 3.11. The van der Waals surface area contributed by atoms with Gasteiger partial charge in [-0.3, -0.25) is 0 Å². The van der Waals surface area contributed by atoms with Gasteiger partial charge < -0.3 is 5.32 Å². The third-order valence-corrected chi connectivity index (χ3v) is 4.41. The SMILES string of the molecule is CCC1(CNC2C=CCCC2)CCCC1. The van der Waals surface area contributed by atoms with Gasteiger partial charge in [0.2, 0.25) is 0 Å². The Morgan fingerprint density at radius 2 is 2.07 bits per heavy atom. The summed E-state index contributed by atoms with van der Waals surface area (Å²) in [5.41, 5.74) is 0.644. The topological polar surface area (TPSA) is 12.0 Å². The number of allylic oxidation sites excluding steroid dienone is 1. The summed E-state index contributed by atoms with van der Waals surface area (Å²) >= 11 is 0. The molecule has 0 saturated heterocycles. The minimum Gasteiger partial charge on any atom is -0.310 e. The van der Waals surface area contributed by atoms with Gasteiger partial charge in [0.25, 0.3) is 0 Å². The van der Waals surface area contributed by atoms with Crippen LogP contribution in [0.3, 0.4) is 0 Å². The van der Waals surface area contributed by atoms with Crippen molar-refractivity contribution in [2.45, 2.75) is 64.3 Å². The van der Waals surface area contributed by atoms with Crippen LogP contribution in [0.1, 0.15) is 58.3 Å². The summed E-state index contributed by atoms with van der Waals surface area (Å²) in [5, 5.41) is 3.77. The molecule has 1 heteroatoms. The smallest absolute Gasteiger partial charge is 0.0250 e. The molecule has 0 aromatic rings. The Morgan fingerprint density at radius 3 is 2.67 bits per heavy atom. The Morgan fingerprint density at radius 1 is 1.27 bits per heavy atom. The molecule has 0 heterocycles. The van der Waals surface area contributed by atoms with Crippen molar-refractivity contribution in [2.75, 3.05) is 6.54 Å². The monoisotopic (exact) mass is 207 g/mol. The van der Waals surface area contributed by atoms with E-state index in [1.54, 1.807) is 0 Å². The van der Waals surface area contributed by atoms with Gasteiger partial charge in [-0.25, -0.2) is 0 Å². The van der Waals surface area contributed by atoms with E-state index in [2.05, 4.69) is 24.4 Å². The molecular weight excluding hydrogens is 182 g/mol. The van der Waals surface area contributed by atoms with E-state index >= 15 is 0 Å². The second kappa shape index (κ2) is 5.16. The predicted octanol–water partition coefficient (Wildman–Crippen LogP) is 3.66. The number of nitrogens with one attached hydrogen (secondary N) is 1. The Kier molecular flexibility index (Phi) is 3.85. The van der Waals surface area contributed by atoms with Gasteiger partial charge in [-0.15, -0.1) is 0 Å². The van der Waals surface area contributed by atoms with Crippen molar-refractivity contribution < 1.29 is 0 Å². The summed E-state index contributed by atoms with van der Waals surface area (Å²) in [7, 11) is 0. The van der Waals surface area contributed by atoms with E-state index in [9.17, 15) is 0 Å². The zero-order chi connectivity index (χ0) is 10.6. The molecule has 1 saturated carbocycles. The maximum absolute atomic E-state index is 3.77. The lowest BCUT2D eigenvalue weighted by atomic mass is 9.83. The van der Waals surface area contributed by atoms with Crippen molar-refractivity contribution >= 4 is 0 Å². The Balaban J connectivity index is 1.80. The van der Waals surface area contributed by atoms with Crippen LogP contribution in [0, 0.1) is 5.41 Å². The van der Waals surface area contributed by atoms with Gasteiger partial charge in [-0.05, 0) is 43.9 Å². The van der Waals surface area contributed by atoms with E-state index in [1.165, 1.54) is 57.9 Å². The van der Waals surface area contributed by atoms with Gasteiger partial charge in [0, 0.05) is 12.6 Å². The molecule has 0 aromatic carbocycles. The second-order valence-electron chi connectivity index (χ2n) is 5.41. The van der Waals surface area contributed by atoms with Crippen LogP contribution in [-0.4, -0.2) is 12.6 Å². The van der Waals surface area contributed by atoms with Crippen LogP contribution in [0.2, 0.25) is 0 Å². The first kappa shape index (κ1) is 11.2. The maximum atomic E-state index is 3.77. The van der Waals surface area contributed by atoms with Crippen LogP contribution in [0.15, 0.2) is 12.2 Å². The van der Waals surface area contributed by atoms with E-state index in [1.807, 2.05) is 0 Å². The van der Waals surface area contributed by atoms with Crippen LogP contribution in [0.4, 0.5) is 0 Å².